The summed E-state index contributed by atoms with van der Waals surface area (Å²) in [4.78, 5) is 9.18. The number of nitro groups is 1. The number of rotatable bonds is 3. The van der Waals surface area contributed by atoms with Crippen LogP contribution in [0, 0.1) is 27.3 Å². The van der Waals surface area contributed by atoms with Crippen molar-refractivity contribution in [2.24, 2.45) is 0 Å². The smallest absolute Gasteiger partial charge is 0.304 e. The molecule has 1 unspecified atom stereocenters. The molecule has 0 bridgehead atoms. The summed E-state index contributed by atoms with van der Waals surface area (Å²) in [7, 11) is -4.03. The molecular formula is C11H10FN3O5S. The minimum Gasteiger partial charge on any atom is -0.361 e. The van der Waals surface area contributed by atoms with E-state index in [2.05, 4.69) is 0 Å². The molecule has 0 saturated carbocycles. The summed E-state index contributed by atoms with van der Waals surface area (Å²) >= 11 is 0. The number of morpholine rings is 1. The van der Waals surface area contributed by atoms with Crippen molar-refractivity contribution in [3.63, 3.8) is 0 Å². The van der Waals surface area contributed by atoms with E-state index in [0.29, 0.717) is 6.07 Å². The maximum atomic E-state index is 13.5. The Morgan fingerprint density at radius 3 is 2.81 bits per heavy atom. The lowest BCUT2D eigenvalue weighted by Crippen LogP contribution is -2.45. The molecule has 0 aromatic heterocycles. The Kier molecular flexibility index (Phi) is 4.17. The standard InChI is InChI=1S/C11H10FN3O5S/c12-10-5-9(1-2-11(10)15(16)17)21(18,19)14-3-4-20-8(6-13)7-14/h1-2,5,8H,3-4,7H2. The van der Waals surface area contributed by atoms with Crippen LogP contribution in [0.5, 0.6) is 0 Å². The van der Waals surface area contributed by atoms with Crippen molar-refractivity contribution in [3.05, 3.63) is 34.1 Å². The van der Waals surface area contributed by atoms with Crippen molar-refractivity contribution in [1.29, 1.82) is 5.26 Å². The van der Waals surface area contributed by atoms with Crippen molar-refractivity contribution in [3.8, 4) is 6.07 Å². The molecule has 1 aromatic carbocycles. The number of halogens is 1. The van der Waals surface area contributed by atoms with Gasteiger partial charge >= 0.3 is 5.69 Å². The molecule has 0 spiro atoms. The molecule has 0 amide bonds. The average molecular weight is 315 g/mol. The molecule has 1 saturated heterocycles. The van der Waals surface area contributed by atoms with Crippen LogP contribution in [0.3, 0.4) is 0 Å². The van der Waals surface area contributed by atoms with Crippen molar-refractivity contribution in [1.82, 2.24) is 4.31 Å². The van der Waals surface area contributed by atoms with Crippen LogP contribution in [-0.2, 0) is 14.8 Å². The molecule has 10 heteroatoms. The first-order chi connectivity index (χ1) is 9.86. The van der Waals surface area contributed by atoms with Gasteiger partial charge in [0.25, 0.3) is 0 Å². The number of ether oxygens (including phenoxy) is 1. The Morgan fingerprint density at radius 1 is 1.52 bits per heavy atom. The summed E-state index contributed by atoms with van der Waals surface area (Å²) in [6.45, 7) is -0.0938. The van der Waals surface area contributed by atoms with Crippen LogP contribution in [0.4, 0.5) is 10.1 Å². The van der Waals surface area contributed by atoms with Crippen LogP contribution in [0.1, 0.15) is 0 Å². The number of nitriles is 1. The Labute approximate surface area is 119 Å². The molecule has 1 fully saturated rings. The fourth-order valence-corrected chi connectivity index (χ4v) is 3.30. The number of nitro benzene ring substituents is 1. The van der Waals surface area contributed by atoms with Crippen LogP contribution in [0.2, 0.25) is 0 Å². The van der Waals surface area contributed by atoms with Gasteiger partial charge in [0, 0.05) is 18.7 Å². The van der Waals surface area contributed by atoms with Gasteiger partial charge in [0.2, 0.25) is 15.8 Å². The minimum absolute atomic E-state index is 0.0269. The monoisotopic (exact) mass is 315 g/mol. The topological polar surface area (TPSA) is 114 Å². The largest absolute Gasteiger partial charge is 0.361 e. The van der Waals surface area contributed by atoms with Crippen LogP contribution < -0.4 is 0 Å². The van der Waals surface area contributed by atoms with Crippen LogP contribution >= 0.6 is 0 Å². The van der Waals surface area contributed by atoms with Crippen LogP contribution in [0.15, 0.2) is 23.1 Å². The van der Waals surface area contributed by atoms with Crippen molar-refractivity contribution < 1.29 is 22.5 Å². The van der Waals surface area contributed by atoms with Gasteiger partial charge in [0.1, 0.15) is 0 Å². The van der Waals surface area contributed by atoms with Gasteiger partial charge in [-0.3, -0.25) is 10.1 Å². The molecule has 1 aliphatic rings. The second-order valence-corrected chi connectivity index (χ2v) is 6.16. The highest BCUT2D eigenvalue weighted by Crippen LogP contribution is 2.24. The maximum Gasteiger partial charge on any atom is 0.304 e. The van der Waals surface area contributed by atoms with Gasteiger partial charge in [0.05, 0.1) is 29.0 Å². The second kappa shape index (κ2) is 5.72. The van der Waals surface area contributed by atoms with Gasteiger partial charge in [-0.25, -0.2) is 8.42 Å². The SMILES string of the molecule is N#CC1CN(S(=O)(=O)c2ccc([N+](=O)[O-])c(F)c2)CCO1. The molecule has 8 nitrogen and oxygen atoms in total. The minimum atomic E-state index is -4.03. The Hall–Kier alpha value is -2.09. The first-order valence-electron chi connectivity index (χ1n) is 5.81. The molecule has 1 heterocycles. The van der Waals surface area contributed by atoms with E-state index in [1.165, 1.54) is 0 Å². The predicted molar refractivity (Wildman–Crippen MR) is 67.2 cm³/mol. The predicted octanol–water partition coefficient (Wildman–Crippen LogP) is 0.647. The normalized spacial score (nSPS) is 19.9. The third-order valence-electron chi connectivity index (χ3n) is 2.93. The zero-order chi connectivity index (χ0) is 15.6. The molecule has 2 rings (SSSR count). The molecule has 0 aliphatic carbocycles. The van der Waals surface area contributed by atoms with Gasteiger partial charge in [-0.2, -0.15) is 14.0 Å². The lowest BCUT2D eigenvalue weighted by molar-refractivity contribution is -0.387. The zero-order valence-electron chi connectivity index (χ0n) is 10.6. The first kappa shape index (κ1) is 15.3. The van der Waals surface area contributed by atoms with Crippen LogP contribution in [-0.4, -0.2) is 43.4 Å². The Morgan fingerprint density at radius 2 is 2.24 bits per heavy atom. The van der Waals surface area contributed by atoms with E-state index in [1.54, 1.807) is 6.07 Å². The number of sulfonamides is 1. The van der Waals surface area contributed by atoms with Gasteiger partial charge in [-0.1, -0.05) is 0 Å². The van der Waals surface area contributed by atoms with Gasteiger partial charge < -0.3 is 4.74 Å². The van der Waals surface area contributed by atoms with E-state index < -0.39 is 37.5 Å². The van der Waals surface area contributed by atoms with Crippen LogP contribution in [0.25, 0.3) is 0 Å². The van der Waals surface area contributed by atoms with Crippen molar-refractivity contribution in [2.75, 3.05) is 19.7 Å². The molecule has 1 atom stereocenters. The molecule has 0 radical (unpaired) electrons. The molecular weight excluding hydrogens is 305 g/mol. The van der Waals surface area contributed by atoms with E-state index >= 15 is 0 Å². The summed E-state index contributed by atoms with van der Waals surface area (Å²) < 4.78 is 44.2. The van der Waals surface area contributed by atoms with Gasteiger partial charge in [-0.05, 0) is 6.07 Å². The van der Waals surface area contributed by atoms with E-state index in [0.717, 1.165) is 16.4 Å². The fourth-order valence-electron chi connectivity index (χ4n) is 1.87. The Bertz CT molecular complexity index is 715. The summed E-state index contributed by atoms with van der Waals surface area (Å²) in [5.41, 5.74) is -0.800. The molecule has 21 heavy (non-hydrogen) atoms. The van der Waals surface area contributed by atoms with Crippen molar-refractivity contribution in [2.45, 2.75) is 11.0 Å². The molecule has 1 aliphatic heterocycles. The van der Waals surface area contributed by atoms with Crippen molar-refractivity contribution >= 4 is 15.7 Å². The number of benzene rings is 1. The molecule has 112 valence electrons. The second-order valence-electron chi connectivity index (χ2n) is 4.22. The quantitative estimate of drug-likeness (QED) is 0.597. The number of hydrogen-bond acceptors (Lipinski definition) is 6. The van der Waals surface area contributed by atoms with E-state index in [1.807, 2.05) is 0 Å². The van der Waals surface area contributed by atoms with E-state index in [9.17, 15) is 22.9 Å². The fraction of sp³-hybridized carbons (Fsp3) is 0.364. The number of hydrogen-bond donors (Lipinski definition) is 0. The van der Waals surface area contributed by atoms with E-state index in [4.69, 9.17) is 10.00 Å². The average Bonchev–Trinajstić information content (AvgIpc) is 2.46. The van der Waals surface area contributed by atoms with Gasteiger partial charge in [-0.15, -0.1) is 0 Å². The van der Waals surface area contributed by atoms with E-state index in [-0.39, 0.29) is 19.7 Å². The number of nitrogens with zero attached hydrogens (tertiary/aromatic N) is 3. The summed E-state index contributed by atoms with van der Waals surface area (Å²) in [5.74, 6) is -1.23. The molecule has 1 aromatic rings. The third kappa shape index (κ3) is 2.99. The third-order valence-corrected chi connectivity index (χ3v) is 4.79. The molecule has 0 N–H and O–H groups in total. The summed E-state index contributed by atoms with van der Waals surface area (Å²) in [6.07, 6.45) is -0.892. The first-order valence-corrected chi connectivity index (χ1v) is 7.25. The lowest BCUT2D eigenvalue weighted by Gasteiger charge is -2.28. The highest BCUT2D eigenvalue weighted by Gasteiger charge is 2.32. The zero-order valence-corrected chi connectivity index (χ0v) is 11.4. The maximum absolute atomic E-state index is 13.5. The highest BCUT2D eigenvalue weighted by atomic mass is 32.2. The lowest BCUT2D eigenvalue weighted by atomic mass is 10.3. The Balaban J connectivity index is 2.34. The summed E-state index contributed by atoms with van der Waals surface area (Å²) in [5, 5.41) is 19.3. The van der Waals surface area contributed by atoms with Gasteiger partial charge in [0.15, 0.2) is 6.10 Å². The summed E-state index contributed by atoms with van der Waals surface area (Å²) in [6, 6.07) is 4.16. The highest BCUT2D eigenvalue weighted by molar-refractivity contribution is 7.89.